The van der Waals surface area contributed by atoms with E-state index in [9.17, 15) is 9.59 Å². The van der Waals surface area contributed by atoms with E-state index in [-0.39, 0.29) is 19.1 Å². The van der Waals surface area contributed by atoms with Crippen LogP contribution in [0, 0.1) is 0 Å². The number of nitrogens with one attached hydrogen (secondary N) is 1. The van der Waals surface area contributed by atoms with E-state index in [2.05, 4.69) is 5.32 Å². The average Bonchev–Trinajstić information content (AvgIpc) is 2.25. The molecule has 1 saturated heterocycles. The van der Waals surface area contributed by atoms with Crippen LogP contribution >= 0.6 is 0 Å². The first kappa shape index (κ1) is 11.9. The van der Waals surface area contributed by atoms with Crippen molar-refractivity contribution in [1.82, 2.24) is 10.2 Å². The molecule has 0 aromatic heterocycles. The zero-order valence-electron chi connectivity index (χ0n) is 8.86. The number of hydrogen-bond donors (Lipinski definition) is 2. The molecular weight excluding hydrogens is 198 g/mol. The predicted molar refractivity (Wildman–Crippen MR) is 54.1 cm³/mol. The van der Waals surface area contributed by atoms with Gasteiger partial charge in [0.15, 0.2) is 0 Å². The zero-order valence-corrected chi connectivity index (χ0v) is 8.86. The van der Waals surface area contributed by atoms with E-state index in [0.717, 1.165) is 6.54 Å². The third kappa shape index (κ3) is 3.17. The van der Waals surface area contributed by atoms with Crippen molar-refractivity contribution >= 4 is 11.8 Å². The van der Waals surface area contributed by atoms with Crippen LogP contribution in [0.1, 0.15) is 6.92 Å². The molecule has 2 amide bonds. The van der Waals surface area contributed by atoms with Gasteiger partial charge >= 0.3 is 0 Å². The van der Waals surface area contributed by atoms with E-state index >= 15 is 0 Å². The lowest BCUT2D eigenvalue weighted by atomic mass is 10.2. The molecule has 0 aromatic rings. The molecule has 15 heavy (non-hydrogen) atoms. The topological polar surface area (TPSA) is 84.7 Å². The fourth-order valence-electron chi connectivity index (χ4n) is 1.47. The van der Waals surface area contributed by atoms with Crippen molar-refractivity contribution in [3.05, 3.63) is 0 Å². The highest BCUT2D eigenvalue weighted by atomic mass is 16.5. The minimum absolute atomic E-state index is 0.107. The first-order chi connectivity index (χ1) is 7.16. The maximum atomic E-state index is 11.7. The lowest BCUT2D eigenvalue weighted by Gasteiger charge is -2.33. The van der Waals surface area contributed by atoms with Gasteiger partial charge in [-0.3, -0.25) is 9.59 Å². The Hall–Kier alpha value is -1.14. The van der Waals surface area contributed by atoms with Crippen LogP contribution in [-0.4, -0.2) is 55.6 Å². The van der Waals surface area contributed by atoms with Gasteiger partial charge in [-0.25, -0.2) is 0 Å². The number of nitrogens with zero attached hydrogens (tertiary/aromatic N) is 1. The minimum Gasteiger partial charge on any atom is -0.377 e. The maximum Gasteiger partial charge on any atom is 0.242 e. The standard InChI is InChI=1S/C9H17N3O3/c1-2-11-5-8(13)12-3-4-15-6-7(12)9(10)14/h7,11H,2-6H2,1H3,(H2,10,14). The summed E-state index contributed by atoms with van der Waals surface area (Å²) in [6.07, 6.45) is 0. The van der Waals surface area contributed by atoms with E-state index < -0.39 is 11.9 Å². The summed E-state index contributed by atoms with van der Waals surface area (Å²) in [4.78, 5) is 24.2. The number of morpholine rings is 1. The Labute approximate surface area is 88.7 Å². The van der Waals surface area contributed by atoms with Crippen LogP contribution in [0.5, 0.6) is 0 Å². The number of ether oxygens (including phenoxy) is 1. The van der Waals surface area contributed by atoms with Crippen molar-refractivity contribution in [3.8, 4) is 0 Å². The summed E-state index contributed by atoms with van der Waals surface area (Å²) in [6, 6.07) is -0.620. The lowest BCUT2D eigenvalue weighted by molar-refractivity contribution is -0.146. The first-order valence-corrected chi connectivity index (χ1v) is 5.04. The molecule has 0 radical (unpaired) electrons. The molecule has 1 aliphatic rings. The minimum atomic E-state index is -0.620. The Kier molecular flexibility index (Phi) is 4.51. The summed E-state index contributed by atoms with van der Waals surface area (Å²) in [5.41, 5.74) is 5.19. The van der Waals surface area contributed by atoms with Crippen molar-refractivity contribution in [2.75, 3.05) is 32.8 Å². The number of rotatable bonds is 4. The molecule has 1 rings (SSSR count). The Morgan fingerprint density at radius 1 is 1.60 bits per heavy atom. The molecule has 0 aliphatic carbocycles. The van der Waals surface area contributed by atoms with Gasteiger partial charge in [-0.05, 0) is 6.54 Å². The quantitative estimate of drug-likeness (QED) is 0.586. The highest BCUT2D eigenvalue weighted by Crippen LogP contribution is 2.06. The largest absolute Gasteiger partial charge is 0.377 e. The molecule has 86 valence electrons. The van der Waals surface area contributed by atoms with E-state index in [1.54, 1.807) is 0 Å². The Morgan fingerprint density at radius 3 is 2.93 bits per heavy atom. The number of carbonyl (C=O) groups excluding carboxylic acids is 2. The molecule has 0 spiro atoms. The first-order valence-electron chi connectivity index (χ1n) is 5.04. The van der Waals surface area contributed by atoms with Crippen molar-refractivity contribution < 1.29 is 14.3 Å². The zero-order chi connectivity index (χ0) is 11.3. The average molecular weight is 215 g/mol. The lowest BCUT2D eigenvalue weighted by Crippen LogP contribution is -2.56. The second kappa shape index (κ2) is 5.67. The summed E-state index contributed by atoms with van der Waals surface area (Å²) >= 11 is 0. The van der Waals surface area contributed by atoms with Gasteiger partial charge in [-0.1, -0.05) is 6.92 Å². The van der Waals surface area contributed by atoms with Gasteiger partial charge in [-0.15, -0.1) is 0 Å². The fourth-order valence-corrected chi connectivity index (χ4v) is 1.47. The van der Waals surface area contributed by atoms with Crippen molar-refractivity contribution in [3.63, 3.8) is 0 Å². The van der Waals surface area contributed by atoms with E-state index in [1.165, 1.54) is 4.90 Å². The number of hydrogen-bond acceptors (Lipinski definition) is 4. The molecule has 0 aromatic carbocycles. The molecule has 3 N–H and O–H groups in total. The molecule has 6 nitrogen and oxygen atoms in total. The van der Waals surface area contributed by atoms with E-state index in [0.29, 0.717) is 13.2 Å². The van der Waals surface area contributed by atoms with Crippen LogP contribution in [0.2, 0.25) is 0 Å². The SMILES string of the molecule is CCNCC(=O)N1CCOCC1C(N)=O. The molecular formula is C9H17N3O3. The van der Waals surface area contributed by atoms with Crippen LogP contribution in [0.4, 0.5) is 0 Å². The van der Waals surface area contributed by atoms with Crippen molar-refractivity contribution in [2.24, 2.45) is 5.73 Å². The molecule has 1 atom stereocenters. The molecule has 1 fully saturated rings. The van der Waals surface area contributed by atoms with Crippen LogP contribution in [0.25, 0.3) is 0 Å². The normalized spacial score (nSPS) is 21.4. The van der Waals surface area contributed by atoms with Gasteiger partial charge in [0.05, 0.1) is 19.8 Å². The third-order valence-corrected chi connectivity index (χ3v) is 2.30. The highest BCUT2D eigenvalue weighted by molar-refractivity contribution is 5.87. The second-order valence-electron chi connectivity index (χ2n) is 3.36. The van der Waals surface area contributed by atoms with Gasteiger partial charge < -0.3 is 20.7 Å². The molecule has 0 bridgehead atoms. The maximum absolute atomic E-state index is 11.7. The summed E-state index contributed by atoms with van der Waals surface area (Å²) in [7, 11) is 0. The van der Waals surface area contributed by atoms with E-state index in [4.69, 9.17) is 10.5 Å². The van der Waals surface area contributed by atoms with Crippen molar-refractivity contribution in [2.45, 2.75) is 13.0 Å². The summed E-state index contributed by atoms with van der Waals surface area (Å²) in [5.74, 6) is -0.622. The van der Waals surface area contributed by atoms with Crippen LogP contribution in [-0.2, 0) is 14.3 Å². The summed E-state index contributed by atoms with van der Waals surface area (Å²) in [5, 5.41) is 2.92. The van der Waals surface area contributed by atoms with Crippen molar-refractivity contribution in [1.29, 1.82) is 0 Å². The summed E-state index contributed by atoms with van der Waals surface area (Å²) in [6.45, 7) is 3.96. The smallest absolute Gasteiger partial charge is 0.242 e. The van der Waals surface area contributed by atoms with Gasteiger partial charge in [0, 0.05) is 6.54 Å². The molecule has 1 unspecified atom stereocenters. The van der Waals surface area contributed by atoms with Gasteiger partial charge in [0.1, 0.15) is 6.04 Å². The fraction of sp³-hybridized carbons (Fsp3) is 0.778. The van der Waals surface area contributed by atoms with Crippen LogP contribution in [0.3, 0.4) is 0 Å². The Morgan fingerprint density at radius 2 is 2.33 bits per heavy atom. The predicted octanol–water partition coefficient (Wildman–Crippen LogP) is -1.69. The molecule has 6 heteroatoms. The molecule has 1 aliphatic heterocycles. The van der Waals surface area contributed by atoms with Crippen LogP contribution < -0.4 is 11.1 Å². The number of amides is 2. The number of primary amides is 1. The third-order valence-electron chi connectivity index (χ3n) is 2.30. The number of likely N-dealkylation sites (N-methyl/N-ethyl adjacent to an activating group) is 1. The van der Waals surface area contributed by atoms with Crippen LogP contribution in [0.15, 0.2) is 0 Å². The number of carbonyl (C=O) groups is 2. The Balaban J connectivity index is 2.55. The van der Waals surface area contributed by atoms with Gasteiger partial charge in [0.25, 0.3) is 0 Å². The highest BCUT2D eigenvalue weighted by Gasteiger charge is 2.30. The van der Waals surface area contributed by atoms with Gasteiger partial charge in [0.2, 0.25) is 11.8 Å². The summed E-state index contributed by atoms with van der Waals surface area (Å²) < 4.78 is 5.11. The number of nitrogens with two attached hydrogens (primary N) is 1. The molecule has 1 heterocycles. The second-order valence-corrected chi connectivity index (χ2v) is 3.36. The van der Waals surface area contributed by atoms with Gasteiger partial charge in [-0.2, -0.15) is 0 Å². The van der Waals surface area contributed by atoms with E-state index in [1.807, 2.05) is 6.92 Å². The molecule has 0 saturated carbocycles. The Bertz CT molecular complexity index is 245. The monoisotopic (exact) mass is 215 g/mol.